The minimum atomic E-state index is -0.150. The Kier molecular flexibility index (Phi) is 4.22. The topological polar surface area (TPSA) is 48.1 Å². The van der Waals surface area contributed by atoms with Crippen LogP contribution in [0.1, 0.15) is 18.5 Å². The van der Waals surface area contributed by atoms with Crippen molar-refractivity contribution in [1.29, 1.82) is 0 Å². The second-order valence-corrected chi connectivity index (χ2v) is 5.19. The van der Waals surface area contributed by atoms with Gasteiger partial charge in [-0.2, -0.15) is 0 Å². The van der Waals surface area contributed by atoms with E-state index >= 15 is 0 Å². The Morgan fingerprint density at radius 1 is 1.39 bits per heavy atom. The van der Waals surface area contributed by atoms with Crippen molar-refractivity contribution in [3.8, 4) is 11.6 Å². The van der Waals surface area contributed by atoms with Crippen molar-refractivity contribution in [1.82, 2.24) is 4.98 Å². The predicted molar refractivity (Wildman–Crippen MR) is 76.1 cm³/mol. The van der Waals surface area contributed by atoms with E-state index in [0.717, 1.165) is 10.0 Å². The molecule has 0 saturated carbocycles. The summed E-state index contributed by atoms with van der Waals surface area (Å²) in [5, 5.41) is 0.519. The third kappa shape index (κ3) is 3.02. The summed E-state index contributed by atoms with van der Waals surface area (Å²) in [6.45, 7) is 1.88. The fraction of sp³-hybridized carbons (Fsp3) is 0.154. The molecule has 0 radical (unpaired) electrons. The summed E-state index contributed by atoms with van der Waals surface area (Å²) < 4.78 is 6.61. The van der Waals surface area contributed by atoms with Gasteiger partial charge in [0.15, 0.2) is 0 Å². The minimum absolute atomic E-state index is 0.150. The number of hydrogen-bond acceptors (Lipinski definition) is 3. The van der Waals surface area contributed by atoms with Crippen molar-refractivity contribution in [2.75, 3.05) is 0 Å². The van der Waals surface area contributed by atoms with Crippen molar-refractivity contribution >= 4 is 27.5 Å². The van der Waals surface area contributed by atoms with Gasteiger partial charge in [0.1, 0.15) is 5.75 Å². The highest BCUT2D eigenvalue weighted by Gasteiger charge is 2.11. The maximum atomic E-state index is 6.10. The van der Waals surface area contributed by atoms with Crippen molar-refractivity contribution < 1.29 is 4.74 Å². The summed E-state index contributed by atoms with van der Waals surface area (Å²) in [4.78, 5) is 4.19. The Bertz CT molecular complexity index is 560. The van der Waals surface area contributed by atoms with Gasteiger partial charge in [-0.1, -0.05) is 33.6 Å². The fourth-order valence-electron chi connectivity index (χ4n) is 1.50. The molecule has 0 fully saturated rings. The van der Waals surface area contributed by atoms with Gasteiger partial charge in [0.2, 0.25) is 5.88 Å². The Hall–Kier alpha value is -1.10. The number of ether oxygens (including phenoxy) is 1. The van der Waals surface area contributed by atoms with Crippen LogP contribution in [0.2, 0.25) is 5.02 Å². The number of halogens is 2. The quantitative estimate of drug-likeness (QED) is 0.914. The summed E-state index contributed by atoms with van der Waals surface area (Å²) in [5.41, 5.74) is 6.71. The standard InChI is InChI=1S/C13H12BrClN2O/c1-8(16)10-3-2-6-17-13(10)18-12-5-4-9(14)7-11(12)15/h2-8H,16H2,1H3/t8-/m1/s1. The van der Waals surface area contributed by atoms with Crippen LogP contribution in [-0.2, 0) is 0 Å². The zero-order valence-corrected chi connectivity index (χ0v) is 12.1. The van der Waals surface area contributed by atoms with Gasteiger partial charge in [0, 0.05) is 22.3 Å². The predicted octanol–water partition coefficient (Wildman–Crippen LogP) is 4.31. The highest BCUT2D eigenvalue weighted by molar-refractivity contribution is 9.10. The summed E-state index contributed by atoms with van der Waals surface area (Å²) >= 11 is 9.44. The third-order valence-electron chi connectivity index (χ3n) is 2.39. The van der Waals surface area contributed by atoms with Gasteiger partial charge >= 0.3 is 0 Å². The monoisotopic (exact) mass is 326 g/mol. The molecule has 0 aliphatic heterocycles. The van der Waals surface area contributed by atoms with Crippen LogP contribution in [0, 0.1) is 0 Å². The van der Waals surface area contributed by atoms with Crippen molar-refractivity contribution in [3.63, 3.8) is 0 Å². The molecular formula is C13H12BrClN2O. The van der Waals surface area contributed by atoms with Crippen LogP contribution >= 0.6 is 27.5 Å². The minimum Gasteiger partial charge on any atom is -0.437 e. The zero-order chi connectivity index (χ0) is 13.1. The maximum Gasteiger partial charge on any atom is 0.224 e. The van der Waals surface area contributed by atoms with E-state index in [1.807, 2.05) is 25.1 Å². The molecule has 18 heavy (non-hydrogen) atoms. The molecule has 0 saturated heterocycles. The molecule has 0 aliphatic rings. The second-order valence-electron chi connectivity index (χ2n) is 3.86. The van der Waals surface area contributed by atoms with Crippen LogP contribution in [0.25, 0.3) is 0 Å². The molecule has 0 aliphatic carbocycles. The Balaban J connectivity index is 2.34. The van der Waals surface area contributed by atoms with E-state index in [4.69, 9.17) is 22.1 Å². The summed E-state index contributed by atoms with van der Waals surface area (Å²) in [6, 6.07) is 8.98. The molecule has 5 heteroatoms. The highest BCUT2D eigenvalue weighted by Crippen LogP contribution is 2.33. The van der Waals surface area contributed by atoms with Crippen molar-refractivity contribution in [2.45, 2.75) is 13.0 Å². The van der Waals surface area contributed by atoms with Crippen LogP contribution in [0.5, 0.6) is 11.6 Å². The van der Waals surface area contributed by atoms with Gasteiger partial charge in [-0.05, 0) is 31.2 Å². The molecule has 3 nitrogen and oxygen atoms in total. The van der Waals surface area contributed by atoms with Gasteiger partial charge < -0.3 is 10.5 Å². The summed E-state index contributed by atoms with van der Waals surface area (Å²) in [5.74, 6) is 1.04. The molecule has 2 N–H and O–H groups in total. The molecule has 2 rings (SSSR count). The Morgan fingerprint density at radius 3 is 2.83 bits per heavy atom. The molecule has 0 amide bonds. The molecule has 94 valence electrons. The molecule has 1 aromatic heterocycles. The molecule has 1 aromatic carbocycles. The molecule has 0 unspecified atom stereocenters. The Labute approximate surface area is 119 Å². The number of rotatable bonds is 3. The lowest BCUT2D eigenvalue weighted by Gasteiger charge is -2.13. The molecule has 0 bridgehead atoms. The van der Waals surface area contributed by atoms with Gasteiger partial charge in [-0.3, -0.25) is 0 Å². The molecule has 1 atom stereocenters. The zero-order valence-electron chi connectivity index (χ0n) is 9.73. The van der Waals surface area contributed by atoms with E-state index in [1.165, 1.54) is 0 Å². The Morgan fingerprint density at radius 2 is 2.17 bits per heavy atom. The molecule has 0 spiro atoms. The number of nitrogens with two attached hydrogens (primary N) is 1. The first-order valence-electron chi connectivity index (χ1n) is 5.41. The average Bonchev–Trinajstić information content (AvgIpc) is 2.33. The van der Waals surface area contributed by atoms with E-state index in [9.17, 15) is 0 Å². The highest BCUT2D eigenvalue weighted by atomic mass is 79.9. The lowest BCUT2D eigenvalue weighted by molar-refractivity contribution is 0.452. The van der Waals surface area contributed by atoms with E-state index in [2.05, 4.69) is 20.9 Å². The third-order valence-corrected chi connectivity index (χ3v) is 3.18. The lowest BCUT2D eigenvalue weighted by Crippen LogP contribution is -2.07. The smallest absolute Gasteiger partial charge is 0.224 e. The first-order valence-corrected chi connectivity index (χ1v) is 6.58. The first kappa shape index (κ1) is 13.3. The SMILES string of the molecule is C[C@@H](N)c1cccnc1Oc1ccc(Br)cc1Cl. The van der Waals surface area contributed by atoms with E-state index in [-0.39, 0.29) is 6.04 Å². The first-order chi connectivity index (χ1) is 8.58. The van der Waals surface area contributed by atoms with Crippen LogP contribution in [0.15, 0.2) is 41.0 Å². The van der Waals surface area contributed by atoms with Crippen LogP contribution in [0.4, 0.5) is 0 Å². The lowest BCUT2D eigenvalue weighted by atomic mass is 10.1. The van der Waals surface area contributed by atoms with Crippen molar-refractivity contribution in [3.05, 3.63) is 51.6 Å². The van der Waals surface area contributed by atoms with Crippen LogP contribution in [0.3, 0.4) is 0 Å². The van der Waals surface area contributed by atoms with Gasteiger partial charge in [0.25, 0.3) is 0 Å². The van der Waals surface area contributed by atoms with Gasteiger partial charge in [-0.25, -0.2) is 4.98 Å². The summed E-state index contributed by atoms with van der Waals surface area (Å²) in [6.07, 6.45) is 1.66. The van der Waals surface area contributed by atoms with Crippen molar-refractivity contribution in [2.24, 2.45) is 5.73 Å². The normalized spacial score (nSPS) is 12.2. The van der Waals surface area contributed by atoms with Crippen LogP contribution in [-0.4, -0.2) is 4.98 Å². The second kappa shape index (κ2) is 5.69. The number of aromatic nitrogens is 1. The number of pyridine rings is 1. The summed E-state index contributed by atoms with van der Waals surface area (Å²) in [7, 11) is 0. The number of hydrogen-bond donors (Lipinski definition) is 1. The van der Waals surface area contributed by atoms with Gasteiger partial charge in [-0.15, -0.1) is 0 Å². The molecule has 2 aromatic rings. The molecular weight excluding hydrogens is 316 g/mol. The fourth-order valence-corrected chi connectivity index (χ4v) is 2.21. The van der Waals surface area contributed by atoms with E-state index < -0.39 is 0 Å². The average molecular weight is 328 g/mol. The van der Waals surface area contributed by atoms with Gasteiger partial charge in [0.05, 0.1) is 5.02 Å². The largest absolute Gasteiger partial charge is 0.437 e. The van der Waals surface area contributed by atoms with Crippen LogP contribution < -0.4 is 10.5 Å². The van der Waals surface area contributed by atoms with E-state index in [0.29, 0.717) is 16.7 Å². The number of benzene rings is 1. The van der Waals surface area contributed by atoms with E-state index in [1.54, 1.807) is 18.3 Å². The maximum absolute atomic E-state index is 6.10. The number of nitrogens with zero attached hydrogens (tertiary/aromatic N) is 1. The molecule has 1 heterocycles.